The Morgan fingerprint density at radius 3 is 2.77 bits per heavy atom. The van der Waals surface area contributed by atoms with Crippen LogP contribution in [0, 0.1) is 6.92 Å². The molecule has 0 saturated heterocycles. The summed E-state index contributed by atoms with van der Waals surface area (Å²) in [6.07, 6.45) is 1.67. The van der Waals surface area contributed by atoms with Crippen molar-refractivity contribution in [1.29, 1.82) is 0 Å². The average molecular weight is 347 g/mol. The first kappa shape index (κ1) is 16.0. The highest BCUT2D eigenvalue weighted by Gasteiger charge is 2.11. The zero-order valence-electron chi connectivity index (χ0n) is 14.4. The molecule has 2 aromatic heterocycles. The molecule has 0 fully saturated rings. The van der Waals surface area contributed by atoms with Crippen molar-refractivity contribution in [3.8, 4) is 0 Å². The molecule has 26 heavy (non-hydrogen) atoms. The Balaban J connectivity index is 1.71. The molecule has 0 atom stereocenters. The van der Waals surface area contributed by atoms with E-state index in [0.29, 0.717) is 23.6 Å². The van der Waals surface area contributed by atoms with E-state index in [1.165, 1.54) is 0 Å². The molecule has 0 radical (unpaired) electrons. The van der Waals surface area contributed by atoms with Gasteiger partial charge in [0.2, 0.25) is 5.65 Å². The van der Waals surface area contributed by atoms with E-state index in [2.05, 4.69) is 26.6 Å². The van der Waals surface area contributed by atoms with Gasteiger partial charge in [-0.2, -0.15) is 0 Å². The second-order valence-electron chi connectivity index (χ2n) is 5.90. The SMILES string of the molecule is CCOC(=O)c1ccc(Nc2nc3ccc(C)cc3n3cnnc23)cc1. The number of aromatic nitrogens is 4. The first-order valence-electron chi connectivity index (χ1n) is 8.30. The van der Waals surface area contributed by atoms with Gasteiger partial charge in [0.15, 0.2) is 5.82 Å². The third-order valence-electron chi connectivity index (χ3n) is 4.04. The van der Waals surface area contributed by atoms with Crippen molar-refractivity contribution in [3.05, 3.63) is 59.9 Å². The Morgan fingerprint density at radius 1 is 1.19 bits per heavy atom. The molecule has 0 aliphatic heterocycles. The number of aryl methyl sites for hydroxylation is 1. The van der Waals surface area contributed by atoms with E-state index in [1.54, 1.807) is 37.5 Å². The molecule has 7 heteroatoms. The van der Waals surface area contributed by atoms with Crippen LogP contribution in [-0.4, -0.2) is 32.2 Å². The van der Waals surface area contributed by atoms with E-state index in [0.717, 1.165) is 22.3 Å². The van der Waals surface area contributed by atoms with Crippen molar-refractivity contribution in [1.82, 2.24) is 19.6 Å². The lowest BCUT2D eigenvalue weighted by Crippen LogP contribution is -2.05. The van der Waals surface area contributed by atoms with Crippen molar-refractivity contribution >= 4 is 34.2 Å². The lowest BCUT2D eigenvalue weighted by Gasteiger charge is -2.10. The summed E-state index contributed by atoms with van der Waals surface area (Å²) >= 11 is 0. The van der Waals surface area contributed by atoms with Crippen LogP contribution in [0.4, 0.5) is 11.5 Å². The maximum absolute atomic E-state index is 11.8. The minimum absolute atomic E-state index is 0.335. The van der Waals surface area contributed by atoms with E-state index in [1.807, 2.05) is 23.5 Å². The van der Waals surface area contributed by atoms with Crippen LogP contribution in [0.1, 0.15) is 22.8 Å². The van der Waals surface area contributed by atoms with Crippen molar-refractivity contribution in [2.45, 2.75) is 13.8 Å². The first-order chi connectivity index (χ1) is 12.7. The number of carbonyl (C=O) groups excluding carboxylic acids is 1. The van der Waals surface area contributed by atoms with Gasteiger partial charge >= 0.3 is 5.97 Å². The molecule has 0 saturated carbocycles. The highest BCUT2D eigenvalue weighted by molar-refractivity contribution is 5.90. The summed E-state index contributed by atoms with van der Waals surface area (Å²) in [7, 11) is 0. The van der Waals surface area contributed by atoms with E-state index in [-0.39, 0.29) is 5.97 Å². The number of esters is 1. The van der Waals surface area contributed by atoms with Crippen LogP contribution < -0.4 is 5.32 Å². The van der Waals surface area contributed by atoms with Gasteiger partial charge in [0.1, 0.15) is 6.33 Å². The molecular formula is C19H17N5O2. The number of carbonyl (C=O) groups is 1. The Hall–Kier alpha value is -3.48. The molecule has 0 amide bonds. The third kappa shape index (κ3) is 2.83. The number of rotatable bonds is 4. The Kier molecular flexibility index (Phi) is 3.96. The predicted molar refractivity (Wildman–Crippen MR) is 98.7 cm³/mol. The Bertz CT molecular complexity index is 1100. The lowest BCUT2D eigenvalue weighted by atomic mass is 10.2. The maximum atomic E-state index is 11.8. The van der Waals surface area contributed by atoms with Gasteiger partial charge in [0, 0.05) is 5.69 Å². The van der Waals surface area contributed by atoms with Gasteiger partial charge in [-0.1, -0.05) is 6.07 Å². The average Bonchev–Trinajstić information content (AvgIpc) is 3.13. The van der Waals surface area contributed by atoms with Crippen molar-refractivity contribution in [2.24, 2.45) is 0 Å². The van der Waals surface area contributed by atoms with Gasteiger partial charge in [-0.25, -0.2) is 9.78 Å². The van der Waals surface area contributed by atoms with E-state index < -0.39 is 0 Å². The van der Waals surface area contributed by atoms with E-state index in [4.69, 9.17) is 4.74 Å². The fraction of sp³-hybridized carbons (Fsp3) is 0.158. The summed E-state index contributed by atoms with van der Waals surface area (Å²) in [6, 6.07) is 13.1. The minimum atomic E-state index is -0.335. The van der Waals surface area contributed by atoms with Gasteiger partial charge < -0.3 is 10.1 Å². The topological polar surface area (TPSA) is 81.4 Å². The van der Waals surface area contributed by atoms with Crippen molar-refractivity contribution in [3.63, 3.8) is 0 Å². The number of benzene rings is 2. The zero-order chi connectivity index (χ0) is 18.1. The molecule has 2 aromatic carbocycles. The predicted octanol–water partition coefficient (Wildman–Crippen LogP) is 3.51. The van der Waals surface area contributed by atoms with Gasteiger partial charge in [0.25, 0.3) is 0 Å². The molecule has 0 aliphatic carbocycles. The Morgan fingerprint density at radius 2 is 2.00 bits per heavy atom. The second-order valence-corrected chi connectivity index (χ2v) is 5.90. The van der Waals surface area contributed by atoms with Crippen LogP contribution in [-0.2, 0) is 4.74 Å². The fourth-order valence-corrected chi connectivity index (χ4v) is 2.79. The number of ether oxygens (including phenoxy) is 1. The molecule has 4 aromatic rings. The van der Waals surface area contributed by atoms with Crippen LogP contribution in [0.25, 0.3) is 16.7 Å². The largest absolute Gasteiger partial charge is 0.462 e. The highest BCUT2D eigenvalue weighted by Crippen LogP contribution is 2.24. The molecule has 0 aliphatic rings. The standard InChI is InChI=1S/C19H17N5O2/c1-3-26-19(25)13-5-7-14(8-6-13)21-17-18-23-20-11-24(18)16-10-12(2)4-9-15(16)22-17/h4-11H,3H2,1-2H3,(H,21,22). The quantitative estimate of drug-likeness (QED) is 0.569. The monoisotopic (exact) mass is 347 g/mol. The summed E-state index contributed by atoms with van der Waals surface area (Å²) < 4.78 is 6.91. The normalized spacial score (nSPS) is 11.0. The van der Waals surface area contributed by atoms with Crippen molar-refractivity contribution < 1.29 is 9.53 Å². The molecule has 0 spiro atoms. The molecule has 0 bridgehead atoms. The maximum Gasteiger partial charge on any atom is 0.338 e. The van der Waals surface area contributed by atoms with Crippen LogP contribution in [0.5, 0.6) is 0 Å². The number of hydrogen-bond donors (Lipinski definition) is 1. The zero-order valence-corrected chi connectivity index (χ0v) is 14.4. The smallest absolute Gasteiger partial charge is 0.338 e. The molecule has 7 nitrogen and oxygen atoms in total. The van der Waals surface area contributed by atoms with E-state index in [9.17, 15) is 4.79 Å². The number of nitrogens with one attached hydrogen (secondary N) is 1. The number of hydrogen-bond acceptors (Lipinski definition) is 6. The van der Waals surface area contributed by atoms with E-state index >= 15 is 0 Å². The lowest BCUT2D eigenvalue weighted by molar-refractivity contribution is 0.0526. The number of fused-ring (bicyclic) bond motifs is 3. The molecular weight excluding hydrogens is 330 g/mol. The third-order valence-corrected chi connectivity index (χ3v) is 4.04. The second kappa shape index (κ2) is 6.44. The van der Waals surface area contributed by atoms with Crippen molar-refractivity contribution in [2.75, 3.05) is 11.9 Å². The molecule has 130 valence electrons. The van der Waals surface area contributed by atoms with Gasteiger partial charge in [-0.3, -0.25) is 4.40 Å². The van der Waals surface area contributed by atoms with Gasteiger partial charge in [-0.05, 0) is 55.8 Å². The van der Waals surface area contributed by atoms with Crippen LogP contribution in [0.2, 0.25) is 0 Å². The molecule has 0 unspecified atom stereocenters. The fourth-order valence-electron chi connectivity index (χ4n) is 2.79. The molecule has 4 rings (SSSR count). The number of anilines is 2. The van der Waals surface area contributed by atoms with Crippen LogP contribution >= 0.6 is 0 Å². The summed E-state index contributed by atoms with van der Waals surface area (Å²) in [5.74, 6) is 0.265. The summed E-state index contributed by atoms with van der Waals surface area (Å²) in [4.78, 5) is 16.4. The Labute approximate surface area is 149 Å². The van der Waals surface area contributed by atoms with Crippen LogP contribution in [0.15, 0.2) is 48.8 Å². The van der Waals surface area contributed by atoms with Gasteiger partial charge in [0.05, 0.1) is 23.2 Å². The van der Waals surface area contributed by atoms with Crippen LogP contribution in [0.3, 0.4) is 0 Å². The minimum Gasteiger partial charge on any atom is -0.462 e. The molecule has 1 N–H and O–H groups in total. The first-order valence-corrected chi connectivity index (χ1v) is 8.30. The summed E-state index contributed by atoms with van der Waals surface area (Å²) in [5.41, 5.74) is 4.87. The van der Waals surface area contributed by atoms with Gasteiger partial charge in [-0.15, -0.1) is 10.2 Å². The summed E-state index contributed by atoms with van der Waals surface area (Å²) in [5, 5.41) is 11.4. The number of nitrogens with zero attached hydrogens (tertiary/aromatic N) is 4. The summed E-state index contributed by atoms with van der Waals surface area (Å²) in [6.45, 7) is 4.17. The molecule has 2 heterocycles. The highest BCUT2D eigenvalue weighted by atomic mass is 16.5.